The molecule has 3 aromatic rings. The standard InChI is InChI=1S/C22H27FN4O/c1-14-12-20-25-15(2)17(16(3)27(20)26-14)10-11-21(28)24-13-22(4,5)18-8-6-7-9-19(18)23/h6-9,12H,10-11,13H2,1-5H3,(H,24,28). The number of aromatic nitrogens is 3. The number of hydrogen-bond donors (Lipinski definition) is 1. The molecule has 1 aromatic carbocycles. The lowest BCUT2D eigenvalue weighted by atomic mass is 9.84. The summed E-state index contributed by atoms with van der Waals surface area (Å²) in [6, 6.07) is 8.64. The Morgan fingerprint density at radius 1 is 1.21 bits per heavy atom. The minimum absolute atomic E-state index is 0.0556. The van der Waals surface area contributed by atoms with Crippen molar-refractivity contribution < 1.29 is 9.18 Å². The number of amides is 1. The molecule has 0 radical (unpaired) electrons. The lowest BCUT2D eigenvalue weighted by Crippen LogP contribution is -2.37. The summed E-state index contributed by atoms with van der Waals surface area (Å²) >= 11 is 0. The molecule has 2 aromatic heterocycles. The van der Waals surface area contributed by atoms with Crippen LogP contribution in [0.25, 0.3) is 5.65 Å². The number of aryl methyl sites for hydroxylation is 3. The number of nitrogens with zero attached hydrogens (tertiary/aromatic N) is 3. The predicted molar refractivity (Wildman–Crippen MR) is 108 cm³/mol. The molecule has 148 valence electrons. The molecule has 0 aliphatic rings. The van der Waals surface area contributed by atoms with E-state index >= 15 is 0 Å². The maximum Gasteiger partial charge on any atom is 0.220 e. The Labute approximate surface area is 165 Å². The number of carbonyl (C=O) groups excluding carboxylic acids is 1. The van der Waals surface area contributed by atoms with Crippen LogP contribution in [-0.4, -0.2) is 27.0 Å². The highest BCUT2D eigenvalue weighted by Crippen LogP contribution is 2.25. The summed E-state index contributed by atoms with van der Waals surface area (Å²) in [6.45, 7) is 10.1. The maximum absolute atomic E-state index is 14.1. The summed E-state index contributed by atoms with van der Waals surface area (Å²) < 4.78 is 15.9. The summed E-state index contributed by atoms with van der Waals surface area (Å²) in [6.07, 6.45) is 0.938. The Morgan fingerprint density at radius 2 is 1.93 bits per heavy atom. The second kappa shape index (κ2) is 7.70. The first kappa shape index (κ1) is 20.0. The smallest absolute Gasteiger partial charge is 0.220 e. The Morgan fingerprint density at radius 3 is 2.64 bits per heavy atom. The molecule has 1 N–H and O–H groups in total. The molecule has 5 nitrogen and oxygen atoms in total. The topological polar surface area (TPSA) is 59.3 Å². The lowest BCUT2D eigenvalue weighted by Gasteiger charge is -2.26. The molecule has 0 spiro atoms. The molecule has 0 saturated heterocycles. The van der Waals surface area contributed by atoms with Crippen molar-refractivity contribution in [1.29, 1.82) is 0 Å². The summed E-state index contributed by atoms with van der Waals surface area (Å²) in [5.74, 6) is -0.304. The Kier molecular flexibility index (Phi) is 5.49. The number of benzene rings is 1. The van der Waals surface area contributed by atoms with E-state index in [1.807, 2.05) is 51.3 Å². The Hall–Kier alpha value is -2.76. The van der Waals surface area contributed by atoms with E-state index in [0.29, 0.717) is 24.9 Å². The van der Waals surface area contributed by atoms with Crippen molar-refractivity contribution in [3.05, 3.63) is 64.4 Å². The molecule has 6 heteroatoms. The number of rotatable bonds is 6. The first-order valence-corrected chi connectivity index (χ1v) is 9.53. The molecule has 1 amide bonds. The second-order valence-corrected chi connectivity index (χ2v) is 7.96. The van der Waals surface area contributed by atoms with Gasteiger partial charge in [0.15, 0.2) is 5.65 Å². The number of halogens is 1. The van der Waals surface area contributed by atoms with E-state index in [9.17, 15) is 9.18 Å². The molecule has 0 atom stereocenters. The lowest BCUT2D eigenvalue weighted by molar-refractivity contribution is -0.121. The van der Waals surface area contributed by atoms with Gasteiger partial charge in [0.25, 0.3) is 0 Å². The summed E-state index contributed by atoms with van der Waals surface area (Å²) in [5, 5.41) is 7.42. The average molecular weight is 382 g/mol. The molecular formula is C22H27FN4O. The van der Waals surface area contributed by atoms with Gasteiger partial charge >= 0.3 is 0 Å². The largest absolute Gasteiger partial charge is 0.355 e. The van der Waals surface area contributed by atoms with E-state index in [1.54, 1.807) is 12.1 Å². The van der Waals surface area contributed by atoms with Crippen LogP contribution >= 0.6 is 0 Å². The van der Waals surface area contributed by atoms with Crippen molar-refractivity contribution in [2.24, 2.45) is 0 Å². The van der Waals surface area contributed by atoms with Gasteiger partial charge in [0.05, 0.1) is 5.69 Å². The molecule has 3 rings (SSSR count). The third kappa shape index (κ3) is 4.06. The van der Waals surface area contributed by atoms with Crippen molar-refractivity contribution in [1.82, 2.24) is 19.9 Å². The monoisotopic (exact) mass is 382 g/mol. The van der Waals surface area contributed by atoms with Crippen LogP contribution in [0.15, 0.2) is 30.3 Å². The van der Waals surface area contributed by atoms with Gasteiger partial charge in [0.2, 0.25) is 5.91 Å². The number of nitrogens with one attached hydrogen (secondary N) is 1. The minimum Gasteiger partial charge on any atom is -0.355 e. The van der Waals surface area contributed by atoms with Crippen LogP contribution in [0.2, 0.25) is 0 Å². The van der Waals surface area contributed by atoms with E-state index in [-0.39, 0.29) is 11.7 Å². The van der Waals surface area contributed by atoms with Crippen LogP contribution in [0, 0.1) is 26.6 Å². The highest BCUT2D eigenvalue weighted by atomic mass is 19.1. The molecule has 0 fully saturated rings. The van der Waals surface area contributed by atoms with Gasteiger partial charge in [-0.2, -0.15) is 5.10 Å². The van der Waals surface area contributed by atoms with Crippen LogP contribution in [0.3, 0.4) is 0 Å². The fourth-order valence-corrected chi connectivity index (χ4v) is 3.55. The maximum atomic E-state index is 14.1. The fraction of sp³-hybridized carbons (Fsp3) is 0.409. The van der Waals surface area contributed by atoms with Gasteiger partial charge in [-0.1, -0.05) is 32.0 Å². The van der Waals surface area contributed by atoms with Gasteiger partial charge in [0.1, 0.15) is 5.82 Å². The van der Waals surface area contributed by atoms with Crippen molar-refractivity contribution in [3.8, 4) is 0 Å². The van der Waals surface area contributed by atoms with Crippen LogP contribution in [-0.2, 0) is 16.6 Å². The first-order chi connectivity index (χ1) is 13.2. The fourth-order valence-electron chi connectivity index (χ4n) is 3.55. The zero-order valence-corrected chi connectivity index (χ0v) is 17.1. The first-order valence-electron chi connectivity index (χ1n) is 9.53. The zero-order valence-electron chi connectivity index (χ0n) is 17.1. The van der Waals surface area contributed by atoms with Crippen LogP contribution in [0.4, 0.5) is 4.39 Å². The predicted octanol–water partition coefficient (Wildman–Crippen LogP) is 3.82. The minimum atomic E-state index is -0.486. The van der Waals surface area contributed by atoms with Crippen LogP contribution in [0.5, 0.6) is 0 Å². The molecule has 0 unspecified atom stereocenters. The number of hydrogen-bond acceptors (Lipinski definition) is 3. The molecule has 0 aliphatic carbocycles. The molecular weight excluding hydrogens is 355 g/mol. The molecule has 0 aliphatic heterocycles. The number of carbonyl (C=O) groups is 1. The van der Waals surface area contributed by atoms with Crippen molar-refractivity contribution in [2.45, 2.75) is 52.9 Å². The third-order valence-electron chi connectivity index (χ3n) is 5.22. The summed E-state index contributed by atoms with van der Waals surface area (Å²) in [4.78, 5) is 17.0. The quantitative estimate of drug-likeness (QED) is 0.705. The van der Waals surface area contributed by atoms with E-state index in [0.717, 1.165) is 28.3 Å². The zero-order chi connectivity index (χ0) is 20.5. The molecule has 0 saturated carbocycles. The highest BCUT2D eigenvalue weighted by Gasteiger charge is 2.24. The van der Waals surface area contributed by atoms with E-state index < -0.39 is 5.41 Å². The van der Waals surface area contributed by atoms with Gasteiger partial charge in [0, 0.05) is 35.8 Å². The molecule has 0 bridgehead atoms. The highest BCUT2D eigenvalue weighted by molar-refractivity contribution is 5.76. The van der Waals surface area contributed by atoms with Gasteiger partial charge in [-0.05, 0) is 44.4 Å². The van der Waals surface area contributed by atoms with Crippen molar-refractivity contribution in [2.75, 3.05) is 6.54 Å². The average Bonchev–Trinajstić information content (AvgIpc) is 3.00. The van der Waals surface area contributed by atoms with Crippen LogP contribution in [0.1, 0.15) is 48.5 Å². The van der Waals surface area contributed by atoms with Gasteiger partial charge < -0.3 is 5.32 Å². The third-order valence-corrected chi connectivity index (χ3v) is 5.22. The van der Waals surface area contributed by atoms with Gasteiger partial charge in [-0.25, -0.2) is 13.9 Å². The molecule has 2 heterocycles. The Bertz CT molecular complexity index is 1020. The van der Waals surface area contributed by atoms with Gasteiger partial charge in [-0.15, -0.1) is 0 Å². The van der Waals surface area contributed by atoms with Crippen LogP contribution < -0.4 is 5.32 Å². The molecule has 28 heavy (non-hydrogen) atoms. The van der Waals surface area contributed by atoms with E-state index in [4.69, 9.17) is 0 Å². The van der Waals surface area contributed by atoms with Gasteiger partial charge in [-0.3, -0.25) is 4.79 Å². The summed E-state index contributed by atoms with van der Waals surface area (Å²) in [5.41, 5.74) is 4.83. The number of fused-ring (bicyclic) bond motifs is 1. The normalized spacial score (nSPS) is 11.8. The van der Waals surface area contributed by atoms with Crippen molar-refractivity contribution in [3.63, 3.8) is 0 Å². The summed E-state index contributed by atoms with van der Waals surface area (Å²) in [7, 11) is 0. The van der Waals surface area contributed by atoms with Crippen molar-refractivity contribution >= 4 is 11.6 Å². The SMILES string of the molecule is Cc1cc2nc(C)c(CCC(=O)NCC(C)(C)c3ccccc3F)c(C)n2n1. The Balaban J connectivity index is 1.65. The second-order valence-electron chi connectivity index (χ2n) is 7.96. The van der Waals surface area contributed by atoms with E-state index in [1.165, 1.54) is 6.07 Å². The van der Waals surface area contributed by atoms with E-state index in [2.05, 4.69) is 15.4 Å².